The highest BCUT2D eigenvalue weighted by molar-refractivity contribution is 7.80. The first kappa shape index (κ1) is 18.1. The molecule has 1 saturated heterocycles. The second-order valence-corrected chi connectivity index (χ2v) is 6.02. The molecule has 1 fully saturated rings. The fourth-order valence-electron chi connectivity index (χ4n) is 2.58. The quantitative estimate of drug-likeness (QED) is 0.796. The largest absolute Gasteiger partial charge is 0.493 e. The summed E-state index contributed by atoms with van der Waals surface area (Å²) in [7, 11) is 1.56. The summed E-state index contributed by atoms with van der Waals surface area (Å²) in [5, 5.41) is 5.88. The Morgan fingerprint density at radius 1 is 1.27 bits per heavy atom. The predicted molar refractivity (Wildman–Crippen MR) is 104 cm³/mol. The van der Waals surface area contributed by atoms with Gasteiger partial charge in [-0.1, -0.05) is 18.2 Å². The van der Waals surface area contributed by atoms with Gasteiger partial charge in [-0.25, -0.2) is 4.98 Å². The molecule has 8 heteroatoms. The monoisotopic (exact) mass is 372 g/mol. The van der Waals surface area contributed by atoms with Gasteiger partial charge in [0.25, 0.3) is 5.91 Å². The van der Waals surface area contributed by atoms with Crippen LogP contribution in [-0.2, 0) is 4.74 Å². The van der Waals surface area contributed by atoms with Gasteiger partial charge in [0.15, 0.2) is 10.9 Å². The van der Waals surface area contributed by atoms with Crippen LogP contribution in [0.2, 0.25) is 0 Å². The molecule has 1 aliphatic rings. The van der Waals surface area contributed by atoms with Crippen molar-refractivity contribution in [3.63, 3.8) is 0 Å². The van der Waals surface area contributed by atoms with E-state index in [-0.39, 0.29) is 11.0 Å². The van der Waals surface area contributed by atoms with Gasteiger partial charge < -0.3 is 19.7 Å². The van der Waals surface area contributed by atoms with Crippen molar-refractivity contribution in [2.24, 2.45) is 0 Å². The van der Waals surface area contributed by atoms with Crippen LogP contribution in [0.15, 0.2) is 42.6 Å². The van der Waals surface area contributed by atoms with E-state index in [2.05, 4.69) is 20.5 Å². The maximum Gasteiger partial charge on any atom is 0.257 e. The molecule has 136 valence electrons. The molecule has 0 radical (unpaired) electrons. The number of aromatic nitrogens is 1. The first-order valence-corrected chi connectivity index (χ1v) is 8.62. The molecule has 1 amide bonds. The lowest BCUT2D eigenvalue weighted by Gasteiger charge is -2.28. The van der Waals surface area contributed by atoms with E-state index in [1.54, 1.807) is 37.6 Å². The Morgan fingerprint density at radius 2 is 2.00 bits per heavy atom. The maximum atomic E-state index is 12.2. The first-order chi connectivity index (χ1) is 12.7. The molecule has 26 heavy (non-hydrogen) atoms. The zero-order chi connectivity index (χ0) is 18.4. The molecule has 0 aliphatic carbocycles. The molecule has 0 atom stereocenters. The number of hydrogen-bond donors (Lipinski definition) is 2. The van der Waals surface area contributed by atoms with Crippen LogP contribution in [-0.4, -0.2) is 49.4 Å². The number of carbonyl (C=O) groups is 1. The first-order valence-electron chi connectivity index (χ1n) is 8.21. The summed E-state index contributed by atoms with van der Waals surface area (Å²) in [6, 6.07) is 10.7. The van der Waals surface area contributed by atoms with E-state index in [0.717, 1.165) is 18.9 Å². The molecule has 2 heterocycles. The summed E-state index contributed by atoms with van der Waals surface area (Å²) < 4.78 is 10.7. The lowest BCUT2D eigenvalue weighted by Crippen LogP contribution is -2.37. The van der Waals surface area contributed by atoms with Crippen LogP contribution in [0.3, 0.4) is 0 Å². The summed E-state index contributed by atoms with van der Waals surface area (Å²) in [6.07, 6.45) is 1.63. The molecule has 1 aromatic carbocycles. The normalized spacial score (nSPS) is 13.8. The summed E-state index contributed by atoms with van der Waals surface area (Å²) in [5.74, 6) is 1.07. The molecule has 1 aromatic heterocycles. The smallest absolute Gasteiger partial charge is 0.257 e. The highest BCUT2D eigenvalue weighted by atomic mass is 32.1. The van der Waals surface area contributed by atoms with Crippen LogP contribution in [0.4, 0.5) is 11.5 Å². The molecule has 2 aromatic rings. The molecule has 0 spiro atoms. The summed E-state index contributed by atoms with van der Waals surface area (Å²) >= 11 is 5.27. The Hall–Kier alpha value is -2.71. The van der Waals surface area contributed by atoms with Crippen molar-refractivity contribution in [2.75, 3.05) is 43.6 Å². The number of rotatable bonds is 4. The molecule has 0 unspecified atom stereocenters. The third kappa shape index (κ3) is 4.47. The molecule has 0 saturated carbocycles. The van der Waals surface area contributed by atoms with Crippen molar-refractivity contribution in [1.29, 1.82) is 0 Å². The van der Waals surface area contributed by atoms with Crippen LogP contribution in [0.25, 0.3) is 0 Å². The van der Waals surface area contributed by atoms with Crippen LogP contribution in [0.1, 0.15) is 10.4 Å². The minimum atomic E-state index is -0.274. The zero-order valence-electron chi connectivity index (χ0n) is 14.4. The third-order valence-corrected chi connectivity index (χ3v) is 4.12. The maximum absolute atomic E-state index is 12.2. The van der Waals surface area contributed by atoms with Crippen molar-refractivity contribution in [1.82, 2.24) is 10.3 Å². The number of pyridine rings is 1. The van der Waals surface area contributed by atoms with Crippen molar-refractivity contribution in [2.45, 2.75) is 0 Å². The molecular formula is C18H20N4O3S. The van der Waals surface area contributed by atoms with Crippen LogP contribution in [0, 0.1) is 0 Å². The average Bonchev–Trinajstić information content (AvgIpc) is 2.69. The van der Waals surface area contributed by atoms with Crippen LogP contribution >= 0.6 is 12.2 Å². The number of morpholine rings is 1. The number of amides is 1. The molecule has 0 bridgehead atoms. The van der Waals surface area contributed by atoms with E-state index in [4.69, 9.17) is 21.7 Å². The second kappa shape index (κ2) is 8.59. The minimum absolute atomic E-state index is 0.191. The van der Waals surface area contributed by atoms with Gasteiger partial charge in [-0.15, -0.1) is 0 Å². The Morgan fingerprint density at radius 3 is 2.69 bits per heavy atom. The molecular weight excluding hydrogens is 352 g/mol. The van der Waals surface area contributed by atoms with E-state index < -0.39 is 0 Å². The van der Waals surface area contributed by atoms with Crippen molar-refractivity contribution >= 4 is 34.7 Å². The van der Waals surface area contributed by atoms with E-state index >= 15 is 0 Å². The number of hydrogen-bond acceptors (Lipinski definition) is 6. The number of nitrogens with zero attached hydrogens (tertiary/aromatic N) is 2. The van der Waals surface area contributed by atoms with Crippen molar-refractivity contribution in [3.05, 3.63) is 48.2 Å². The SMILES string of the molecule is COc1cnc(N2CCOCC2)cc1NC(=S)NC(=O)c1ccccc1. The van der Waals surface area contributed by atoms with E-state index in [1.807, 2.05) is 12.1 Å². The Bertz CT molecular complexity index is 779. The van der Waals surface area contributed by atoms with Gasteiger partial charge in [-0.2, -0.15) is 0 Å². The molecule has 3 rings (SSSR count). The number of carbonyl (C=O) groups excluding carboxylic acids is 1. The number of methoxy groups -OCH3 is 1. The van der Waals surface area contributed by atoms with Crippen LogP contribution in [0.5, 0.6) is 5.75 Å². The van der Waals surface area contributed by atoms with Gasteiger partial charge in [0.1, 0.15) is 5.82 Å². The fraction of sp³-hybridized carbons (Fsp3) is 0.278. The van der Waals surface area contributed by atoms with E-state index in [1.165, 1.54) is 0 Å². The average molecular weight is 372 g/mol. The van der Waals surface area contributed by atoms with E-state index in [9.17, 15) is 4.79 Å². The number of thiocarbonyl (C=S) groups is 1. The Balaban J connectivity index is 1.71. The molecule has 2 N–H and O–H groups in total. The fourth-order valence-corrected chi connectivity index (χ4v) is 2.78. The predicted octanol–water partition coefficient (Wildman–Crippen LogP) is 2.05. The lowest BCUT2D eigenvalue weighted by molar-refractivity contribution is 0.0977. The molecule has 1 aliphatic heterocycles. The van der Waals surface area contributed by atoms with Gasteiger partial charge in [-0.05, 0) is 24.4 Å². The Labute approximate surface area is 157 Å². The standard InChI is InChI=1S/C18H20N4O3S/c1-24-15-12-19-16(22-7-9-25-10-8-22)11-14(15)20-18(26)21-17(23)13-5-3-2-4-6-13/h2-6,11-12H,7-10H2,1H3,(H2,19,20,21,23,26). The summed E-state index contributed by atoms with van der Waals surface area (Å²) in [6.45, 7) is 2.88. The zero-order valence-corrected chi connectivity index (χ0v) is 15.2. The van der Waals surface area contributed by atoms with Gasteiger partial charge in [-0.3, -0.25) is 10.1 Å². The topological polar surface area (TPSA) is 75.7 Å². The number of anilines is 2. The molecule has 7 nitrogen and oxygen atoms in total. The number of nitrogens with one attached hydrogen (secondary N) is 2. The lowest BCUT2D eigenvalue weighted by atomic mass is 10.2. The number of ether oxygens (including phenoxy) is 2. The third-order valence-electron chi connectivity index (χ3n) is 3.92. The van der Waals surface area contributed by atoms with Gasteiger partial charge in [0.05, 0.1) is 32.2 Å². The van der Waals surface area contributed by atoms with Gasteiger partial charge in [0.2, 0.25) is 0 Å². The summed E-state index contributed by atoms with van der Waals surface area (Å²) in [4.78, 5) is 18.8. The second-order valence-electron chi connectivity index (χ2n) is 5.62. The van der Waals surface area contributed by atoms with Crippen molar-refractivity contribution in [3.8, 4) is 5.75 Å². The Kier molecular flexibility index (Phi) is 5.98. The van der Waals surface area contributed by atoms with E-state index in [0.29, 0.717) is 30.2 Å². The van der Waals surface area contributed by atoms with Crippen LogP contribution < -0.4 is 20.3 Å². The highest BCUT2D eigenvalue weighted by Crippen LogP contribution is 2.27. The summed E-state index contributed by atoms with van der Waals surface area (Å²) in [5.41, 5.74) is 1.18. The van der Waals surface area contributed by atoms with Crippen molar-refractivity contribution < 1.29 is 14.3 Å². The number of benzene rings is 1. The minimum Gasteiger partial charge on any atom is -0.493 e. The van der Waals surface area contributed by atoms with Gasteiger partial charge in [0, 0.05) is 24.7 Å². The highest BCUT2D eigenvalue weighted by Gasteiger charge is 2.16. The van der Waals surface area contributed by atoms with Gasteiger partial charge >= 0.3 is 0 Å².